The molecular formula is C35H30N10O4S2. The van der Waals surface area contributed by atoms with Gasteiger partial charge in [0.15, 0.2) is 0 Å². The fourth-order valence-electron chi connectivity index (χ4n) is 6.78. The quantitative estimate of drug-likeness (QED) is 0.0841. The summed E-state index contributed by atoms with van der Waals surface area (Å²) in [6.45, 7) is 2.59. The molecule has 4 amide bonds. The van der Waals surface area contributed by atoms with Gasteiger partial charge < -0.3 is 10.6 Å². The summed E-state index contributed by atoms with van der Waals surface area (Å²) >= 11 is 8.37. The lowest BCUT2D eigenvalue weighted by Gasteiger charge is -2.28. The summed E-state index contributed by atoms with van der Waals surface area (Å²) < 4.78 is 3.15. The summed E-state index contributed by atoms with van der Waals surface area (Å²) in [4.78, 5) is 64.4. The molecule has 0 unspecified atom stereocenters. The average Bonchev–Trinajstić information content (AvgIpc) is 3.78. The molecule has 8 rings (SSSR count). The van der Waals surface area contributed by atoms with E-state index in [4.69, 9.17) is 0 Å². The molecule has 0 fully saturated rings. The van der Waals surface area contributed by atoms with E-state index in [1.165, 1.54) is 9.80 Å². The Morgan fingerprint density at radius 3 is 1.33 bits per heavy atom. The highest BCUT2D eigenvalue weighted by Gasteiger charge is 2.34. The van der Waals surface area contributed by atoms with Gasteiger partial charge >= 0.3 is 0 Å². The van der Waals surface area contributed by atoms with Crippen LogP contribution in [0.4, 0.5) is 0 Å². The van der Waals surface area contributed by atoms with E-state index < -0.39 is 0 Å². The summed E-state index contributed by atoms with van der Waals surface area (Å²) in [7, 11) is 0. The third kappa shape index (κ3) is 5.75. The van der Waals surface area contributed by atoms with Crippen LogP contribution >= 0.6 is 25.3 Å². The molecule has 2 aromatic heterocycles. The van der Waals surface area contributed by atoms with Crippen molar-refractivity contribution in [2.45, 2.75) is 16.7 Å². The summed E-state index contributed by atoms with van der Waals surface area (Å²) in [5.41, 5.74) is 3.28. The van der Waals surface area contributed by atoms with Gasteiger partial charge in [0, 0.05) is 70.0 Å². The Hall–Kier alpha value is -5.42. The van der Waals surface area contributed by atoms with Crippen molar-refractivity contribution in [1.82, 2.24) is 50.0 Å². The molecule has 256 valence electrons. The number of carbonyl (C=O) groups excluding carboxylic acids is 4. The second kappa shape index (κ2) is 13.4. The Morgan fingerprint density at radius 1 is 0.529 bits per heavy atom. The van der Waals surface area contributed by atoms with Gasteiger partial charge in [-0.2, -0.15) is 0 Å². The SMILES string of the molecule is O=C1c2cccc3c(-n4cnc(S)n4)ccc(c23)C(=O)N1CCNCCCNCCN1C(=O)c2cccc3c(-n4cnc(S)n4)ccc(c23)C1=O. The van der Waals surface area contributed by atoms with Crippen molar-refractivity contribution in [3.63, 3.8) is 0 Å². The van der Waals surface area contributed by atoms with Crippen molar-refractivity contribution in [3.05, 3.63) is 95.6 Å². The summed E-state index contributed by atoms with van der Waals surface area (Å²) in [5.74, 6) is -1.35. The van der Waals surface area contributed by atoms with E-state index in [1.54, 1.807) is 70.5 Å². The van der Waals surface area contributed by atoms with Crippen molar-refractivity contribution >= 4 is 70.4 Å². The number of imide groups is 2. The maximum atomic E-state index is 13.4. The molecule has 0 atom stereocenters. The van der Waals surface area contributed by atoms with Crippen LogP contribution in [0.3, 0.4) is 0 Å². The number of aromatic nitrogens is 6. The number of rotatable bonds is 12. The summed E-state index contributed by atoms with van der Waals surface area (Å²) in [6.07, 6.45) is 3.84. The maximum Gasteiger partial charge on any atom is 0.261 e. The molecule has 16 heteroatoms. The van der Waals surface area contributed by atoms with Gasteiger partial charge in [0.2, 0.25) is 10.3 Å². The molecule has 0 bridgehead atoms. The standard InChI is InChI=1S/C35H30N10O4S2/c46-30-22-6-1-4-20-26(44-18-38-34(50)40-44)10-8-24(28(20)22)32(48)42(30)16-14-36-12-3-13-37-15-17-43-31(47)23-7-2-5-21-27(45-19-39-35(51)41-45)11-9-25(29(21)23)33(43)49/h1-2,4-11,18-19,36-37H,3,12-17H2,(H,40,50)(H,41,51). The minimum atomic E-state index is -0.337. The van der Waals surface area contributed by atoms with Crippen LogP contribution in [0.1, 0.15) is 47.9 Å². The number of hydrogen-bond donors (Lipinski definition) is 4. The fourth-order valence-corrected chi connectivity index (χ4v) is 7.07. The second-order valence-corrected chi connectivity index (χ2v) is 12.9. The van der Waals surface area contributed by atoms with E-state index in [-0.39, 0.29) is 36.7 Å². The molecule has 51 heavy (non-hydrogen) atoms. The largest absolute Gasteiger partial charge is 0.315 e. The minimum absolute atomic E-state index is 0.221. The first-order chi connectivity index (χ1) is 24.8. The maximum absolute atomic E-state index is 13.4. The molecule has 14 nitrogen and oxygen atoms in total. The Kier molecular flexibility index (Phi) is 8.59. The molecule has 0 saturated carbocycles. The molecule has 4 aromatic carbocycles. The predicted octanol–water partition coefficient (Wildman–Crippen LogP) is 3.19. The van der Waals surface area contributed by atoms with Gasteiger partial charge in [-0.1, -0.05) is 24.3 Å². The lowest BCUT2D eigenvalue weighted by Crippen LogP contribution is -2.44. The van der Waals surface area contributed by atoms with Crippen LogP contribution in [-0.2, 0) is 0 Å². The van der Waals surface area contributed by atoms with Gasteiger partial charge in [-0.25, -0.2) is 19.3 Å². The number of hydrogen-bond acceptors (Lipinski definition) is 12. The van der Waals surface area contributed by atoms with Gasteiger partial charge in [-0.15, -0.1) is 35.5 Å². The lowest BCUT2D eigenvalue weighted by molar-refractivity contribution is 0.0597. The van der Waals surface area contributed by atoms with Gasteiger partial charge in [-0.05, 0) is 55.9 Å². The predicted molar refractivity (Wildman–Crippen MR) is 193 cm³/mol. The first-order valence-electron chi connectivity index (χ1n) is 16.3. The van der Waals surface area contributed by atoms with Crippen molar-refractivity contribution in [1.29, 1.82) is 0 Å². The number of nitrogens with one attached hydrogen (secondary N) is 2. The third-order valence-electron chi connectivity index (χ3n) is 9.12. The number of carbonyl (C=O) groups is 4. The zero-order chi connectivity index (χ0) is 35.2. The van der Waals surface area contributed by atoms with Gasteiger partial charge in [-0.3, -0.25) is 29.0 Å². The molecule has 6 aromatic rings. The Bertz CT molecular complexity index is 2200. The topological polar surface area (TPSA) is 160 Å². The molecule has 0 aliphatic carbocycles. The molecule has 2 aliphatic rings. The van der Waals surface area contributed by atoms with Gasteiger partial charge in [0.1, 0.15) is 12.7 Å². The lowest BCUT2D eigenvalue weighted by atomic mass is 9.93. The minimum Gasteiger partial charge on any atom is -0.315 e. The zero-order valence-electron chi connectivity index (χ0n) is 27.0. The van der Waals surface area contributed by atoms with E-state index in [1.807, 2.05) is 12.1 Å². The summed E-state index contributed by atoms with van der Waals surface area (Å²) in [6, 6.07) is 17.8. The molecule has 4 heterocycles. The molecule has 2 aliphatic heterocycles. The van der Waals surface area contributed by atoms with E-state index in [2.05, 4.69) is 56.1 Å². The Labute approximate surface area is 301 Å². The fraction of sp³-hybridized carbons (Fsp3) is 0.200. The summed E-state index contributed by atoms with van der Waals surface area (Å²) in [5, 5.41) is 18.5. The van der Waals surface area contributed by atoms with Gasteiger partial charge in [0.25, 0.3) is 23.6 Å². The number of nitrogens with zero attached hydrogens (tertiary/aromatic N) is 8. The van der Waals surface area contributed by atoms with E-state index in [9.17, 15) is 19.2 Å². The molecule has 0 radical (unpaired) electrons. The van der Waals surface area contributed by atoms with Crippen molar-refractivity contribution < 1.29 is 19.2 Å². The van der Waals surface area contributed by atoms with Crippen LogP contribution in [0, 0.1) is 0 Å². The third-order valence-corrected chi connectivity index (χ3v) is 9.53. The zero-order valence-corrected chi connectivity index (χ0v) is 28.8. The molecule has 2 N–H and O–H groups in total. The monoisotopic (exact) mass is 718 g/mol. The molecular weight excluding hydrogens is 689 g/mol. The Morgan fingerprint density at radius 2 is 0.941 bits per heavy atom. The van der Waals surface area contributed by atoms with Crippen molar-refractivity contribution in [2.75, 3.05) is 39.3 Å². The Balaban J connectivity index is 0.820. The first-order valence-corrected chi connectivity index (χ1v) is 17.2. The first kappa shape index (κ1) is 32.8. The van der Waals surface area contributed by atoms with E-state index >= 15 is 0 Å². The van der Waals surface area contributed by atoms with E-state index in [0.29, 0.717) is 80.9 Å². The average molecular weight is 719 g/mol. The van der Waals surface area contributed by atoms with Crippen molar-refractivity contribution in [3.8, 4) is 11.4 Å². The van der Waals surface area contributed by atoms with Crippen molar-refractivity contribution in [2.24, 2.45) is 0 Å². The number of amides is 4. The normalized spacial score (nSPS) is 14.1. The number of benzene rings is 4. The second-order valence-electron chi connectivity index (χ2n) is 12.1. The molecule has 0 spiro atoms. The highest BCUT2D eigenvalue weighted by Crippen LogP contribution is 2.35. The van der Waals surface area contributed by atoms with Crippen LogP contribution in [-0.4, -0.2) is 102 Å². The van der Waals surface area contributed by atoms with Crippen LogP contribution in [0.2, 0.25) is 0 Å². The number of thiol groups is 2. The van der Waals surface area contributed by atoms with Crippen LogP contribution in [0.5, 0.6) is 0 Å². The van der Waals surface area contributed by atoms with E-state index in [0.717, 1.165) is 17.2 Å². The highest BCUT2D eigenvalue weighted by atomic mass is 32.1. The van der Waals surface area contributed by atoms with Gasteiger partial charge in [0.05, 0.1) is 11.4 Å². The molecule has 0 saturated heterocycles. The smallest absolute Gasteiger partial charge is 0.261 e. The highest BCUT2D eigenvalue weighted by molar-refractivity contribution is 7.80. The van der Waals surface area contributed by atoms with Crippen LogP contribution in [0.15, 0.2) is 83.6 Å². The van der Waals surface area contributed by atoms with Crippen LogP contribution in [0.25, 0.3) is 32.9 Å². The van der Waals surface area contributed by atoms with Crippen LogP contribution < -0.4 is 10.6 Å².